The number of carbonyl (C=O) groups is 2. The van der Waals surface area contributed by atoms with Crippen LogP contribution in [0.3, 0.4) is 0 Å². The van der Waals surface area contributed by atoms with Gasteiger partial charge in [0.2, 0.25) is 0 Å². The van der Waals surface area contributed by atoms with Gasteiger partial charge in [-0.15, -0.1) is 0 Å². The number of urea groups is 1. The fourth-order valence-electron chi connectivity index (χ4n) is 3.96. The number of aromatic nitrogens is 1. The van der Waals surface area contributed by atoms with Crippen molar-refractivity contribution in [3.8, 4) is 0 Å². The molecule has 1 fully saturated rings. The van der Waals surface area contributed by atoms with Crippen molar-refractivity contribution in [1.29, 1.82) is 0 Å². The number of amides is 2. The number of fused-ring (bicyclic) bond motifs is 4. The molecule has 2 bridgehead atoms. The van der Waals surface area contributed by atoms with E-state index in [1.807, 2.05) is 10.6 Å². The lowest BCUT2D eigenvalue weighted by atomic mass is 9.83. The number of hydrogen-bond donors (Lipinski definition) is 2. The molecule has 2 N–H and O–H groups in total. The number of nitrogens with zero attached hydrogens (tertiary/aromatic N) is 2. The lowest BCUT2D eigenvalue weighted by Crippen LogP contribution is -2.50. The molecule has 1 aromatic heterocycles. The highest BCUT2D eigenvalue weighted by molar-refractivity contribution is 5.91. The number of carboxylic acid groups (broad SMARTS) is 1. The van der Waals surface area contributed by atoms with Crippen LogP contribution in [0.1, 0.15) is 28.4 Å². The fourth-order valence-corrected chi connectivity index (χ4v) is 3.96. The zero-order valence-electron chi connectivity index (χ0n) is 14.1. The maximum absolute atomic E-state index is 12.6. The number of carboxylic acids is 1. The third-order valence-electron chi connectivity index (χ3n) is 5.15. The Bertz CT molecular complexity index is 919. The first kappa shape index (κ1) is 16.4. The van der Waals surface area contributed by atoms with E-state index in [9.17, 15) is 14.4 Å². The van der Waals surface area contributed by atoms with E-state index in [1.54, 1.807) is 29.2 Å². The third-order valence-corrected chi connectivity index (χ3v) is 5.15. The molecule has 2 aromatic rings. The van der Waals surface area contributed by atoms with Crippen molar-refractivity contribution in [2.24, 2.45) is 5.92 Å². The summed E-state index contributed by atoms with van der Waals surface area (Å²) in [5, 5.41) is 11.8. The smallest absolute Gasteiger partial charge is 0.335 e. The minimum atomic E-state index is -0.999. The summed E-state index contributed by atoms with van der Waals surface area (Å²) < 4.78 is 1.83. The van der Waals surface area contributed by atoms with Gasteiger partial charge in [-0.05, 0) is 42.7 Å². The molecule has 0 unspecified atom stereocenters. The quantitative estimate of drug-likeness (QED) is 0.866. The lowest BCUT2D eigenvalue weighted by Gasteiger charge is -2.42. The summed E-state index contributed by atoms with van der Waals surface area (Å²) in [7, 11) is 0. The zero-order chi connectivity index (χ0) is 18.3. The largest absolute Gasteiger partial charge is 0.478 e. The van der Waals surface area contributed by atoms with E-state index in [1.165, 1.54) is 12.1 Å². The number of carbonyl (C=O) groups excluding carboxylic acids is 1. The van der Waals surface area contributed by atoms with Crippen LogP contribution in [0.2, 0.25) is 0 Å². The Morgan fingerprint density at radius 3 is 2.54 bits per heavy atom. The molecule has 2 amide bonds. The molecular formula is C19H19N3O4. The van der Waals surface area contributed by atoms with E-state index in [2.05, 4.69) is 5.32 Å². The number of piperidine rings is 1. The van der Waals surface area contributed by atoms with Gasteiger partial charge in [-0.2, -0.15) is 0 Å². The van der Waals surface area contributed by atoms with Crippen LogP contribution in [0.25, 0.3) is 0 Å². The van der Waals surface area contributed by atoms with Gasteiger partial charge in [0, 0.05) is 43.0 Å². The van der Waals surface area contributed by atoms with Crippen LogP contribution in [-0.2, 0) is 6.54 Å². The van der Waals surface area contributed by atoms with Gasteiger partial charge in [-0.1, -0.05) is 6.07 Å². The number of anilines is 1. The maximum Gasteiger partial charge on any atom is 0.335 e. The molecule has 3 heterocycles. The Hall–Kier alpha value is -3.09. The summed E-state index contributed by atoms with van der Waals surface area (Å²) in [6.45, 7) is 1.82. The van der Waals surface area contributed by atoms with E-state index in [0.717, 1.165) is 12.1 Å². The van der Waals surface area contributed by atoms with Crippen molar-refractivity contribution >= 4 is 17.7 Å². The van der Waals surface area contributed by atoms with Crippen LogP contribution in [0, 0.1) is 5.92 Å². The molecule has 2 aliphatic rings. The molecule has 0 radical (unpaired) electrons. The van der Waals surface area contributed by atoms with Gasteiger partial charge >= 0.3 is 12.0 Å². The molecule has 0 aliphatic carbocycles. The van der Waals surface area contributed by atoms with Crippen molar-refractivity contribution < 1.29 is 14.7 Å². The van der Waals surface area contributed by atoms with Crippen molar-refractivity contribution in [2.45, 2.75) is 18.9 Å². The fraction of sp³-hybridized carbons (Fsp3) is 0.316. The van der Waals surface area contributed by atoms with Crippen molar-refractivity contribution in [2.75, 3.05) is 18.4 Å². The average molecular weight is 353 g/mol. The number of aromatic carboxylic acids is 1. The Balaban J connectivity index is 1.49. The Labute approximate surface area is 149 Å². The van der Waals surface area contributed by atoms with E-state index in [-0.39, 0.29) is 29.0 Å². The first-order valence-electron chi connectivity index (χ1n) is 8.60. The molecule has 7 nitrogen and oxygen atoms in total. The summed E-state index contributed by atoms with van der Waals surface area (Å²) in [6, 6.07) is 11.2. The normalized spacial score (nSPS) is 21.0. The predicted molar refractivity (Wildman–Crippen MR) is 95.5 cm³/mol. The standard InChI is InChI=1S/C19H19N3O4/c23-17-3-1-2-16-14-8-12(10-22(16)17)9-21(11-14)19(26)20-15-6-4-13(5-7-15)18(24)25/h1-7,12,14H,8-11H2,(H,20,26)(H,24,25)/t12-,14+/m0/s1. The topological polar surface area (TPSA) is 91.6 Å². The van der Waals surface area contributed by atoms with Gasteiger partial charge in [-0.25, -0.2) is 9.59 Å². The number of nitrogens with one attached hydrogen (secondary N) is 1. The van der Waals surface area contributed by atoms with Gasteiger partial charge < -0.3 is 19.9 Å². The van der Waals surface area contributed by atoms with Gasteiger partial charge in [0.15, 0.2) is 0 Å². The van der Waals surface area contributed by atoms with Crippen LogP contribution >= 0.6 is 0 Å². The van der Waals surface area contributed by atoms with Crippen LogP contribution < -0.4 is 10.9 Å². The van der Waals surface area contributed by atoms with Crippen molar-refractivity contribution in [3.63, 3.8) is 0 Å². The highest BCUT2D eigenvalue weighted by Gasteiger charge is 2.36. The van der Waals surface area contributed by atoms with Crippen LogP contribution in [0.4, 0.5) is 10.5 Å². The SMILES string of the molecule is O=C(O)c1ccc(NC(=O)N2C[C@@H]3C[C@H](C2)c2cccc(=O)n2C3)cc1. The minimum absolute atomic E-state index is 0.0219. The van der Waals surface area contributed by atoms with Gasteiger partial charge in [-0.3, -0.25) is 4.79 Å². The van der Waals surface area contributed by atoms with E-state index >= 15 is 0 Å². The first-order chi connectivity index (χ1) is 12.5. The summed E-state index contributed by atoms with van der Waals surface area (Å²) in [4.78, 5) is 37.4. The maximum atomic E-state index is 12.6. The highest BCUT2D eigenvalue weighted by Crippen LogP contribution is 2.35. The molecule has 26 heavy (non-hydrogen) atoms. The van der Waals surface area contributed by atoms with Crippen LogP contribution in [0.15, 0.2) is 47.3 Å². The summed E-state index contributed by atoms with van der Waals surface area (Å²) in [5.41, 5.74) is 1.76. The zero-order valence-corrected chi connectivity index (χ0v) is 14.1. The molecule has 1 aromatic carbocycles. The molecule has 0 saturated carbocycles. The first-order valence-corrected chi connectivity index (χ1v) is 8.60. The Morgan fingerprint density at radius 1 is 1.04 bits per heavy atom. The van der Waals surface area contributed by atoms with Gasteiger partial charge in [0.1, 0.15) is 0 Å². The molecule has 0 spiro atoms. The molecule has 134 valence electrons. The monoisotopic (exact) mass is 353 g/mol. The Morgan fingerprint density at radius 2 is 1.81 bits per heavy atom. The van der Waals surface area contributed by atoms with E-state index in [0.29, 0.717) is 25.3 Å². The second-order valence-corrected chi connectivity index (χ2v) is 6.92. The number of pyridine rings is 1. The molecule has 7 heteroatoms. The van der Waals surface area contributed by atoms with Crippen LogP contribution in [0.5, 0.6) is 0 Å². The summed E-state index contributed by atoms with van der Waals surface area (Å²) in [5.74, 6) is -0.571. The third kappa shape index (κ3) is 2.96. The summed E-state index contributed by atoms with van der Waals surface area (Å²) in [6.07, 6.45) is 0.987. The second kappa shape index (κ2) is 6.33. The second-order valence-electron chi connectivity index (χ2n) is 6.92. The highest BCUT2D eigenvalue weighted by atomic mass is 16.4. The number of benzene rings is 1. The van der Waals surface area contributed by atoms with E-state index in [4.69, 9.17) is 5.11 Å². The molecular weight excluding hydrogens is 334 g/mol. The number of likely N-dealkylation sites (tertiary alicyclic amines) is 1. The molecule has 1 saturated heterocycles. The molecule has 2 atom stereocenters. The summed E-state index contributed by atoms with van der Waals surface area (Å²) >= 11 is 0. The van der Waals surface area contributed by atoms with Crippen LogP contribution in [-0.4, -0.2) is 39.7 Å². The average Bonchev–Trinajstić information content (AvgIpc) is 2.63. The van der Waals surface area contributed by atoms with Crippen molar-refractivity contribution in [1.82, 2.24) is 9.47 Å². The van der Waals surface area contributed by atoms with Gasteiger partial charge in [0.05, 0.1) is 5.56 Å². The molecule has 4 rings (SSSR count). The lowest BCUT2D eigenvalue weighted by molar-refractivity contribution is 0.0697. The number of rotatable bonds is 2. The minimum Gasteiger partial charge on any atom is -0.478 e. The number of hydrogen-bond acceptors (Lipinski definition) is 3. The van der Waals surface area contributed by atoms with Gasteiger partial charge in [0.25, 0.3) is 5.56 Å². The predicted octanol–water partition coefficient (Wildman–Crippen LogP) is 2.20. The Kier molecular flexibility index (Phi) is 3.99. The molecule has 2 aliphatic heterocycles. The van der Waals surface area contributed by atoms with E-state index < -0.39 is 5.97 Å². The van der Waals surface area contributed by atoms with Crippen molar-refractivity contribution in [3.05, 3.63) is 64.1 Å².